The fraction of sp³-hybridized carbons (Fsp3) is 0.0455. The van der Waals surface area contributed by atoms with Gasteiger partial charge in [-0.2, -0.15) is 4.99 Å². The minimum atomic E-state index is -4.80. The summed E-state index contributed by atoms with van der Waals surface area (Å²) in [5.41, 5.74) is 0.0109. The third-order valence-electron chi connectivity index (χ3n) is 3.91. The Morgan fingerprint density at radius 3 is 1.94 bits per heavy atom. The van der Waals surface area contributed by atoms with E-state index < -0.39 is 35.3 Å². The van der Waals surface area contributed by atoms with E-state index >= 15 is 0 Å². The number of rotatable bonds is 3. The van der Waals surface area contributed by atoms with Crippen molar-refractivity contribution in [2.24, 2.45) is 4.99 Å². The van der Waals surface area contributed by atoms with Gasteiger partial charge in [-0.3, -0.25) is 0 Å². The highest BCUT2D eigenvalue weighted by atomic mass is 32.1. The average Bonchev–Trinajstić information content (AvgIpc) is 2.69. The fourth-order valence-electron chi connectivity index (χ4n) is 2.56. The summed E-state index contributed by atoms with van der Waals surface area (Å²) in [5.74, 6) is 2.06. The quantitative estimate of drug-likeness (QED) is 0.190. The van der Waals surface area contributed by atoms with Crippen LogP contribution in [0.25, 0.3) is 11.1 Å². The van der Waals surface area contributed by atoms with Gasteiger partial charge in [0.2, 0.25) is 0 Å². The molecule has 0 atom stereocenters. The maximum absolute atomic E-state index is 14.4. The lowest BCUT2D eigenvalue weighted by atomic mass is 10.0. The zero-order valence-electron chi connectivity index (χ0n) is 15.2. The van der Waals surface area contributed by atoms with Crippen LogP contribution in [-0.4, -0.2) is 11.5 Å². The van der Waals surface area contributed by atoms with E-state index in [0.29, 0.717) is 5.56 Å². The van der Waals surface area contributed by atoms with Crippen LogP contribution in [0.4, 0.5) is 32.0 Å². The van der Waals surface area contributed by atoms with E-state index in [1.54, 1.807) is 0 Å². The first kappa shape index (κ1) is 22.1. The smallest absolute Gasteiger partial charge is 0.406 e. The summed E-state index contributed by atoms with van der Waals surface area (Å²) >= 11 is 4.33. The Morgan fingerprint density at radius 2 is 1.39 bits per heavy atom. The Morgan fingerprint density at radius 1 is 0.774 bits per heavy atom. The molecule has 156 valence electrons. The summed E-state index contributed by atoms with van der Waals surface area (Å²) < 4.78 is 82.6. The highest BCUT2D eigenvalue weighted by molar-refractivity contribution is 7.78. The van der Waals surface area contributed by atoms with Gasteiger partial charge < -0.3 is 4.74 Å². The van der Waals surface area contributed by atoms with Crippen molar-refractivity contribution in [2.45, 2.75) is 6.36 Å². The number of ether oxygens (including phenoxy) is 1. The maximum atomic E-state index is 14.4. The van der Waals surface area contributed by atoms with Crippen molar-refractivity contribution in [2.75, 3.05) is 0 Å². The zero-order chi connectivity index (χ0) is 22.6. The summed E-state index contributed by atoms with van der Waals surface area (Å²) in [6.07, 6.45) is -4.80. The molecule has 2 nitrogen and oxygen atoms in total. The van der Waals surface area contributed by atoms with Gasteiger partial charge >= 0.3 is 6.36 Å². The van der Waals surface area contributed by atoms with Crippen LogP contribution in [0.3, 0.4) is 0 Å². The molecule has 0 aliphatic carbocycles. The van der Waals surface area contributed by atoms with Crippen LogP contribution in [0.1, 0.15) is 11.1 Å². The summed E-state index contributed by atoms with van der Waals surface area (Å²) in [5, 5.41) is 1.88. The van der Waals surface area contributed by atoms with E-state index in [1.807, 2.05) is 5.16 Å². The molecule has 0 saturated heterocycles. The summed E-state index contributed by atoms with van der Waals surface area (Å²) in [6, 6.07) is 10.5. The molecule has 0 aromatic heterocycles. The second kappa shape index (κ2) is 9.04. The molecule has 3 rings (SSSR count). The number of nitrogens with zero attached hydrogens (tertiary/aromatic N) is 1. The van der Waals surface area contributed by atoms with Crippen molar-refractivity contribution in [3.63, 3.8) is 0 Å². The first-order valence-corrected chi connectivity index (χ1v) is 8.82. The van der Waals surface area contributed by atoms with E-state index in [1.165, 1.54) is 24.3 Å². The molecule has 0 fully saturated rings. The standard InChI is InChI=1S/C22H9F6NOS/c23-18-9-15(16-10-19(24)21(29-12-31)20(25)11-16)6-5-14(18)4-1-13-2-7-17(8-3-13)30-22(26,27)28/h2-3,5-11H. The van der Waals surface area contributed by atoms with Crippen LogP contribution in [-0.2, 0) is 0 Å². The Kier molecular flexibility index (Phi) is 6.44. The topological polar surface area (TPSA) is 21.6 Å². The molecule has 9 heteroatoms. The van der Waals surface area contributed by atoms with Crippen molar-refractivity contribution in [1.82, 2.24) is 0 Å². The van der Waals surface area contributed by atoms with Gasteiger partial charge in [-0.15, -0.1) is 13.2 Å². The molecule has 0 unspecified atom stereocenters. The lowest BCUT2D eigenvalue weighted by Crippen LogP contribution is -2.16. The Hall–Kier alpha value is -3.60. The first-order valence-electron chi connectivity index (χ1n) is 8.41. The number of halogens is 6. The zero-order valence-corrected chi connectivity index (χ0v) is 16.0. The van der Waals surface area contributed by atoms with Crippen LogP contribution < -0.4 is 4.74 Å². The monoisotopic (exact) mass is 449 g/mol. The van der Waals surface area contributed by atoms with Crippen LogP contribution in [0, 0.1) is 29.3 Å². The van der Waals surface area contributed by atoms with Gasteiger partial charge in [-0.05, 0) is 71.9 Å². The number of thiocarbonyl (C=S) groups is 1. The number of benzene rings is 3. The van der Waals surface area contributed by atoms with Gasteiger partial charge in [0.25, 0.3) is 0 Å². The molecule has 0 bridgehead atoms. The Balaban J connectivity index is 1.84. The first-order chi connectivity index (χ1) is 14.7. The molecule has 0 radical (unpaired) electrons. The molecule has 0 amide bonds. The molecule has 0 aliphatic heterocycles. The molecule has 3 aromatic carbocycles. The van der Waals surface area contributed by atoms with Gasteiger partial charge in [0.1, 0.15) is 17.3 Å². The SMILES string of the molecule is Fc1cc(-c2cc(F)c(N=C=S)c(F)c2)ccc1C#Cc1ccc(OC(F)(F)F)cc1. The number of hydrogen-bond acceptors (Lipinski definition) is 3. The number of aliphatic imine (C=N–C) groups is 1. The molecule has 0 N–H and O–H groups in total. The van der Waals surface area contributed by atoms with Crippen LogP contribution in [0.15, 0.2) is 59.6 Å². The predicted octanol–water partition coefficient (Wildman–Crippen LogP) is 6.80. The average molecular weight is 449 g/mol. The Bertz CT molecular complexity index is 1210. The summed E-state index contributed by atoms with van der Waals surface area (Å²) in [6.45, 7) is 0. The number of isothiocyanates is 1. The normalized spacial score (nSPS) is 10.6. The lowest BCUT2D eigenvalue weighted by molar-refractivity contribution is -0.274. The van der Waals surface area contributed by atoms with Crippen molar-refractivity contribution in [3.05, 3.63) is 83.2 Å². The molecule has 0 spiro atoms. The molecular formula is C22H9F6NOS. The highest BCUT2D eigenvalue weighted by Crippen LogP contribution is 2.30. The molecule has 0 aliphatic rings. The van der Waals surface area contributed by atoms with E-state index in [2.05, 4.69) is 33.8 Å². The lowest BCUT2D eigenvalue weighted by Gasteiger charge is -2.08. The second-order valence-corrected chi connectivity index (χ2v) is 6.19. The van der Waals surface area contributed by atoms with Crippen LogP contribution in [0.5, 0.6) is 5.75 Å². The maximum Gasteiger partial charge on any atom is 0.573 e. The van der Waals surface area contributed by atoms with Gasteiger partial charge in [0.05, 0.1) is 10.7 Å². The van der Waals surface area contributed by atoms with E-state index in [4.69, 9.17) is 0 Å². The van der Waals surface area contributed by atoms with E-state index in [0.717, 1.165) is 30.3 Å². The second-order valence-electron chi connectivity index (χ2n) is 6.01. The molecule has 0 saturated carbocycles. The van der Waals surface area contributed by atoms with Crippen LogP contribution in [0.2, 0.25) is 0 Å². The van der Waals surface area contributed by atoms with Crippen molar-refractivity contribution >= 4 is 23.1 Å². The van der Waals surface area contributed by atoms with Gasteiger partial charge in [0, 0.05) is 5.56 Å². The third-order valence-corrected chi connectivity index (χ3v) is 4.00. The number of alkyl halides is 3. The van der Waals surface area contributed by atoms with Crippen molar-refractivity contribution < 1.29 is 31.1 Å². The molecule has 31 heavy (non-hydrogen) atoms. The van der Waals surface area contributed by atoms with Crippen LogP contribution >= 0.6 is 12.2 Å². The van der Waals surface area contributed by atoms with E-state index in [9.17, 15) is 26.3 Å². The van der Waals surface area contributed by atoms with Crippen molar-refractivity contribution in [1.29, 1.82) is 0 Å². The fourth-order valence-corrected chi connectivity index (χ4v) is 2.65. The van der Waals surface area contributed by atoms with Gasteiger partial charge in [-0.25, -0.2) is 13.2 Å². The summed E-state index contributed by atoms with van der Waals surface area (Å²) in [4.78, 5) is 3.31. The molecule has 0 heterocycles. The van der Waals surface area contributed by atoms with Gasteiger partial charge in [-0.1, -0.05) is 17.9 Å². The largest absolute Gasteiger partial charge is 0.573 e. The molecule has 3 aromatic rings. The van der Waals surface area contributed by atoms with E-state index in [-0.39, 0.29) is 16.7 Å². The minimum Gasteiger partial charge on any atom is -0.406 e. The Labute approximate surface area is 177 Å². The van der Waals surface area contributed by atoms with Gasteiger partial charge in [0.15, 0.2) is 11.6 Å². The molecular weight excluding hydrogens is 440 g/mol. The third kappa shape index (κ3) is 5.72. The van der Waals surface area contributed by atoms with Crippen molar-refractivity contribution in [3.8, 4) is 28.7 Å². The summed E-state index contributed by atoms with van der Waals surface area (Å²) in [7, 11) is 0. The predicted molar refractivity (Wildman–Crippen MR) is 106 cm³/mol. The minimum absolute atomic E-state index is 0.0118. The number of hydrogen-bond donors (Lipinski definition) is 0. The highest BCUT2D eigenvalue weighted by Gasteiger charge is 2.30.